The van der Waals surface area contributed by atoms with E-state index in [9.17, 15) is 4.79 Å². The maximum absolute atomic E-state index is 11.6. The first-order valence-electron chi connectivity index (χ1n) is 8.57. The summed E-state index contributed by atoms with van der Waals surface area (Å²) in [4.78, 5) is 20.6. The number of carbonyl (C=O) groups excluding carboxylic acids is 1. The lowest BCUT2D eigenvalue weighted by Crippen LogP contribution is -2.13. The standard InChI is InChI=1S/C20H20N4O/c1-13-5-4-8-17(23-13)16-7-3-2-6-15(16)14-9-10-19-22-11-18(20(21)25)24(19)12-14/h4-5,8-12H,2-3,6-7H2,1H3,(H2,21,25). The van der Waals surface area contributed by atoms with Crippen LogP contribution in [0.25, 0.3) is 16.8 Å². The van der Waals surface area contributed by atoms with Crippen molar-refractivity contribution in [2.45, 2.75) is 32.6 Å². The molecule has 1 aliphatic rings. The summed E-state index contributed by atoms with van der Waals surface area (Å²) in [6, 6.07) is 10.2. The summed E-state index contributed by atoms with van der Waals surface area (Å²) in [6.45, 7) is 2.02. The molecule has 0 fully saturated rings. The fraction of sp³-hybridized carbons (Fsp3) is 0.250. The Labute approximate surface area is 146 Å². The monoisotopic (exact) mass is 332 g/mol. The molecule has 126 valence electrons. The van der Waals surface area contributed by atoms with E-state index in [2.05, 4.69) is 23.2 Å². The summed E-state index contributed by atoms with van der Waals surface area (Å²) < 4.78 is 1.78. The van der Waals surface area contributed by atoms with E-state index in [0.717, 1.165) is 41.9 Å². The van der Waals surface area contributed by atoms with Gasteiger partial charge in [-0.15, -0.1) is 0 Å². The molecule has 0 saturated carbocycles. The zero-order valence-corrected chi connectivity index (χ0v) is 14.2. The predicted octanol–water partition coefficient (Wildman–Crippen LogP) is 3.62. The molecule has 0 unspecified atom stereocenters. The minimum atomic E-state index is -0.470. The molecule has 1 aliphatic carbocycles. The van der Waals surface area contributed by atoms with Gasteiger partial charge in [-0.1, -0.05) is 6.07 Å². The highest BCUT2D eigenvalue weighted by atomic mass is 16.1. The van der Waals surface area contributed by atoms with Crippen molar-refractivity contribution in [1.82, 2.24) is 14.4 Å². The molecule has 3 aromatic heterocycles. The zero-order chi connectivity index (χ0) is 17.4. The number of hydrogen-bond acceptors (Lipinski definition) is 3. The summed E-state index contributed by atoms with van der Waals surface area (Å²) in [6.07, 6.45) is 7.87. The van der Waals surface area contributed by atoms with Gasteiger partial charge in [0, 0.05) is 11.9 Å². The third-order valence-corrected chi connectivity index (χ3v) is 4.77. The van der Waals surface area contributed by atoms with E-state index in [1.807, 2.05) is 25.3 Å². The largest absolute Gasteiger partial charge is 0.364 e. The van der Waals surface area contributed by atoms with Gasteiger partial charge in [0.1, 0.15) is 11.3 Å². The van der Waals surface area contributed by atoms with Crippen molar-refractivity contribution in [2.75, 3.05) is 0 Å². The Morgan fingerprint density at radius 1 is 1.12 bits per heavy atom. The number of fused-ring (bicyclic) bond motifs is 1. The molecule has 5 heteroatoms. The quantitative estimate of drug-likeness (QED) is 0.796. The van der Waals surface area contributed by atoms with Gasteiger partial charge in [-0.3, -0.25) is 14.2 Å². The van der Waals surface area contributed by atoms with Crippen LogP contribution < -0.4 is 5.73 Å². The number of aryl methyl sites for hydroxylation is 1. The third-order valence-electron chi connectivity index (χ3n) is 4.77. The van der Waals surface area contributed by atoms with Gasteiger partial charge < -0.3 is 5.73 Å². The van der Waals surface area contributed by atoms with Gasteiger partial charge >= 0.3 is 0 Å². The average Bonchev–Trinajstić information content (AvgIpc) is 3.05. The van der Waals surface area contributed by atoms with Gasteiger partial charge in [-0.2, -0.15) is 0 Å². The fourth-order valence-corrected chi connectivity index (χ4v) is 3.56. The van der Waals surface area contributed by atoms with Crippen LogP contribution >= 0.6 is 0 Å². The summed E-state index contributed by atoms with van der Waals surface area (Å²) in [5, 5.41) is 0. The Hall–Kier alpha value is -2.95. The molecule has 0 aliphatic heterocycles. The van der Waals surface area contributed by atoms with Crippen LogP contribution in [-0.2, 0) is 0 Å². The van der Waals surface area contributed by atoms with E-state index in [-0.39, 0.29) is 0 Å². The van der Waals surface area contributed by atoms with Crippen molar-refractivity contribution in [2.24, 2.45) is 5.73 Å². The van der Waals surface area contributed by atoms with Gasteiger partial charge in [0.25, 0.3) is 5.91 Å². The number of nitrogens with two attached hydrogens (primary N) is 1. The number of rotatable bonds is 3. The molecule has 2 N–H and O–H groups in total. The van der Waals surface area contributed by atoms with Crippen molar-refractivity contribution >= 4 is 22.7 Å². The fourth-order valence-electron chi connectivity index (χ4n) is 3.56. The van der Waals surface area contributed by atoms with Gasteiger partial charge in [0.15, 0.2) is 0 Å². The molecule has 1 amide bonds. The molecule has 5 nitrogen and oxygen atoms in total. The molecule has 0 spiro atoms. The summed E-state index contributed by atoms with van der Waals surface area (Å²) in [7, 11) is 0. The van der Waals surface area contributed by atoms with Crippen LogP contribution in [0, 0.1) is 6.92 Å². The molecule has 3 heterocycles. The van der Waals surface area contributed by atoms with Gasteiger partial charge in [-0.25, -0.2) is 4.98 Å². The highest BCUT2D eigenvalue weighted by molar-refractivity contribution is 5.93. The normalized spacial score (nSPS) is 14.9. The zero-order valence-electron chi connectivity index (χ0n) is 14.2. The van der Waals surface area contributed by atoms with Crippen LogP contribution in [0.1, 0.15) is 53.1 Å². The minimum absolute atomic E-state index is 0.406. The smallest absolute Gasteiger partial charge is 0.267 e. The SMILES string of the molecule is Cc1cccc(C2=C(c3ccc4ncc(C(N)=O)n4c3)CCCC2)n1. The number of nitrogens with zero attached hydrogens (tertiary/aromatic N) is 3. The first kappa shape index (κ1) is 15.6. The summed E-state index contributed by atoms with van der Waals surface area (Å²) in [5.74, 6) is -0.470. The molecule has 0 radical (unpaired) electrons. The molecule has 0 bridgehead atoms. The molecule has 3 aromatic rings. The Morgan fingerprint density at radius 2 is 1.92 bits per heavy atom. The lowest BCUT2D eigenvalue weighted by atomic mass is 9.86. The van der Waals surface area contributed by atoms with E-state index in [1.165, 1.54) is 23.8 Å². The van der Waals surface area contributed by atoms with Gasteiger partial charge in [0.2, 0.25) is 0 Å². The number of aromatic nitrogens is 3. The number of carbonyl (C=O) groups is 1. The minimum Gasteiger partial charge on any atom is -0.364 e. The number of allylic oxidation sites excluding steroid dienone is 2. The Morgan fingerprint density at radius 3 is 2.68 bits per heavy atom. The Kier molecular flexibility index (Phi) is 3.84. The summed E-state index contributed by atoms with van der Waals surface area (Å²) >= 11 is 0. The maximum Gasteiger partial charge on any atom is 0.267 e. The van der Waals surface area contributed by atoms with E-state index >= 15 is 0 Å². The second-order valence-corrected chi connectivity index (χ2v) is 6.48. The van der Waals surface area contributed by atoms with Gasteiger partial charge in [0.05, 0.1) is 11.9 Å². The predicted molar refractivity (Wildman–Crippen MR) is 98.0 cm³/mol. The topological polar surface area (TPSA) is 73.3 Å². The Bertz CT molecular complexity index is 1000. The second kappa shape index (κ2) is 6.16. The molecule has 0 saturated heterocycles. The average molecular weight is 332 g/mol. The van der Waals surface area contributed by atoms with Crippen molar-refractivity contribution in [3.05, 3.63) is 65.4 Å². The number of imidazole rings is 1. The first-order valence-corrected chi connectivity index (χ1v) is 8.57. The molecule has 25 heavy (non-hydrogen) atoms. The number of hydrogen-bond donors (Lipinski definition) is 1. The van der Waals surface area contributed by atoms with Crippen LogP contribution in [0.5, 0.6) is 0 Å². The van der Waals surface area contributed by atoms with Crippen LogP contribution in [0.15, 0.2) is 42.7 Å². The van der Waals surface area contributed by atoms with Crippen LogP contribution in [0.3, 0.4) is 0 Å². The van der Waals surface area contributed by atoms with E-state index in [4.69, 9.17) is 10.7 Å². The molecular weight excluding hydrogens is 312 g/mol. The van der Waals surface area contributed by atoms with Crippen molar-refractivity contribution in [3.63, 3.8) is 0 Å². The molecule has 0 atom stereocenters. The number of primary amides is 1. The Balaban J connectivity index is 1.89. The van der Waals surface area contributed by atoms with Crippen LogP contribution in [-0.4, -0.2) is 20.3 Å². The molecule has 0 aromatic carbocycles. The first-order chi connectivity index (χ1) is 12.1. The van der Waals surface area contributed by atoms with Crippen molar-refractivity contribution in [1.29, 1.82) is 0 Å². The van der Waals surface area contributed by atoms with Crippen LogP contribution in [0.2, 0.25) is 0 Å². The highest BCUT2D eigenvalue weighted by Gasteiger charge is 2.18. The van der Waals surface area contributed by atoms with E-state index < -0.39 is 5.91 Å². The molecule has 4 rings (SSSR count). The third kappa shape index (κ3) is 2.82. The highest BCUT2D eigenvalue weighted by Crippen LogP contribution is 2.37. The second-order valence-electron chi connectivity index (χ2n) is 6.48. The van der Waals surface area contributed by atoms with Gasteiger partial charge in [-0.05, 0) is 73.6 Å². The van der Waals surface area contributed by atoms with Crippen molar-refractivity contribution in [3.8, 4) is 0 Å². The molecular formula is C20H20N4O. The van der Waals surface area contributed by atoms with E-state index in [0.29, 0.717) is 5.69 Å². The lowest BCUT2D eigenvalue weighted by Gasteiger charge is -2.21. The summed E-state index contributed by atoms with van der Waals surface area (Å²) in [5.41, 5.74) is 12.4. The number of pyridine rings is 2. The van der Waals surface area contributed by atoms with Crippen molar-refractivity contribution < 1.29 is 4.79 Å². The number of amides is 1. The lowest BCUT2D eigenvalue weighted by molar-refractivity contribution is 0.0994. The van der Waals surface area contributed by atoms with E-state index in [1.54, 1.807) is 4.40 Å². The van der Waals surface area contributed by atoms with Crippen LogP contribution in [0.4, 0.5) is 0 Å². The maximum atomic E-state index is 11.6.